The third kappa shape index (κ3) is 3.13. The molecular formula is C17H18ClNO2S. The van der Waals surface area contributed by atoms with E-state index in [0.717, 1.165) is 25.9 Å². The summed E-state index contributed by atoms with van der Waals surface area (Å²) in [6, 6.07) is 9.45. The summed E-state index contributed by atoms with van der Waals surface area (Å²) in [4.78, 5) is 16.0. The number of likely N-dealkylation sites (tertiary alicyclic amines) is 1. The minimum Gasteiger partial charge on any atom is -0.496 e. The molecule has 2 heterocycles. The standard InChI is InChI=1S/C17H18ClNO2S/c1-21-15-5-4-13(18)11-14(15)17(20)19-8-6-12(7-9-19)16-3-2-10-22-16/h2-5,10-12H,6-9H2,1H3. The topological polar surface area (TPSA) is 29.5 Å². The molecule has 1 aliphatic heterocycles. The lowest BCUT2D eigenvalue weighted by molar-refractivity contribution is 0.0710. The van der Waals surface area contributed by atoms with Gasteiger partial charge in [-0.3, -0.25) is 4.79 Å². The minimum absolute atomic E-state index is 0.00368. The first-order valence-electron chi connectivity index (χ1n) is 7.35. The number of thiophene rings is 1. The molecule has 0 bridgehead atoms. The molecule has 1 aromatic heterocycles. The Bertz CT molecular complexity index is 649. The maximum Gasteiger partial charge on any atom is 0.257 e. The lowest BCUT2D eigenvalue weighted by atomic mass is 9.95. The molecule has 1 aliphatic rings. The molecule has 0 radical (unpaired) electrons. The van der Waals surface area contributed by atoms with Crippen molar-refractivity contribution in [2.45, 2.75) is 18.8 Å². The van der Waals surface area contributed by atoms with Gasteiger partial charge in [0.15, 0.2) is 0 Å². The number of carbonyl (C=O) groups excluding carboxylic acids is 1. The molecule has 0 spiro atoms. The largest absolute Gasteiger partial charge is 0.496 e. The molecular weight excluding hydrogens is 318 g/mol. The van der Waals surface area contributed by atoms with Crippen molar-refractivity contribution >= 4 is 28.8 Å². The Morgan fingerprint density at radius 2 is 2.09 bits per heavy atom. The molecule has 5 heteroatoms. The van der Waals surface area contributed by atoms with Crippen LogP contribution in [-0.4, -0.2) is 31.0 Å². The van der Waals surface area contributed by atoms with Gasteiger partial charge in [-0.2, -0.15) is 0 Å². The lowest BCUT2D eigenvalue weighted by Crippen LogP contribution is -2.38. The average molecular weight is 336 g/mol. The third-order valence-electron chi connectivity index (χ3n) is 4.12. The molecule has 3 nitrogen and oxygen atoms in total. The van der Waals surface area contributed by atoms with Gasteiger partial charge < -0.3 is 9.64 Å². The zero-order valence-electron chi connectivity index (χ0n) is 12.4. The second-order valence-corrected chi connectivity index (χ2v) is 6.84. The van der Waals surface area contributed by atoms with E-state index in [1.54, 1.807) is 36.6 Å². The van der Waals surface area contributed by atoms with Gasteiger partial charge in [-0.05, 0) is 48.4 Å². The fraction of sp³-hybridized carbons (Fsp3) is 0.353. The van der Waals surface area contributed by atoms with E-state index in [-0.39, 0.29) is 5.91 Å². The van der Waals surface area contributed by atoms with Crippen molar-refractivity contribution < 1.29 is 9.53 Å². The van der Waals surface area contributed by atoms with Crippen molar-refractivity contribution in [3.63, 3.8) is 0 Å². The smallest absolute Gasteiger partial charge is 0.257 e. The molecule has 0 N–H and O–H groups in total. The predicted molar refractivity (Wildman–Crippen MR) is 90.2 cm³/mol. The van der Waals surface area contributed by atoms with Crippen LogP contribution in [0.25, 0.3) is 0 Å². The van der Waals surface area contributed by atoms with Gasteiger partial charge in [-0.1, -0.05) is 17.7 Å². The van der Waals surface area contributed by atoms with Crippen LogP contribution in [-0.2, 0) is 0 Å². The predicted octanol–water partition coefficient (Wildman–Crippen LogP) is 4.43. The van der Waals surface area contributed by atoms with Gasteiger partial charge in [0.2, 0.25) is 0 Å². The Labute approximate surface area is 139 Å². The number of piperidine rings is 1. The molecule has 1 aromatic carbocycles. The molecule has 1 amide bonds. The Morgan fingerprint density at radius 1 is 1.32 bits per heavy atom. The van der Waals surface area contributed by atoms with Crippen LogP contribution in [0.5, 0.6) is 5.75 Å². The monoisotopic (exact) mass is 335 g/mol. The van der Waals surface area contributed by atoms with E-state index < -0.39 is 0 Å². The van der Waals surface area contributed by atoms with Crippen molar-refractivity contribution in [3.8, 4) is 5.75 Å². The number of carbonyl (C=O) groups is 1. The molecule has 1 saturated heterocycles. The van der Waals surface area contributed by atoms with Gasteiger partial charge in [-0.15, -0.1) is 11.3 Å². The summed E-state index contributed by atoms with van der Waals surface area (Å²) in [5.74, 6) is 1.16. The van der Waals surface area contributed by atoms with Crippen LogP contribution in [0.15, 0.2) is 35.7 Å². The molecule has 0 unspecified atom stereocenters. The number of halogens is 1. The van der Waals surface area contributed by atoms with E-state index in [0.29, 0.717) is 22.3 Å². The molecule has 22 heavy (non-hydrogen) atoms. The molecule has 2 aromatic rings. The summed E-state index contributed by atoms with van der Waals surface area (Å²) in [5.41, 5.74) is 0.546. The van der Waals surface area contributed by atoms with Gasteiger partial charge in [-0.25, -0.2) is 0 Å². The zero-order valence-corrected chi connectivity index (χ0v) is 14.0. The van der Waals surface area contributed by atoms with Crippen LogP contribution < -0.4 is 4.74 Å². The van der Waals surface area contributed by atoms with Crippen molar-refractivity contribution in [1.29, 1.82) is 0 Å². The second kappa shape index (κ2) is 6.71. The number of hydrogen-bond donors (Lipinski definition) is 0. The number of amides is 1. The van der Waals surface area contributed by atoms with E-state index in [9.17, 15) is 4.79 Å². The fourth-order valence-corrected chi connectivity index (χ4v) is 3.98. The van der Waals surface area contributed by atoms with Gasteiger partial charge in [0.25, 0.3) is 5.91 Å². The van der Waals surface area contributed by atoms with Crippen molar-refractivity contribution in [3.05, 3.63) is 51.2 Å². The number of hydrogen-bond acceptors (Lipinski definition) is 3. The quantitative estimate of drug-likeness (QED) is 0.830. The van der Waals surface area contributed by atoms with E-state index in [4.69, 9.17) is 16.3 Å². The van der Waals surface area contributed by atoms with Gasteiger partial charge in [0, 0.05) is 23.0 Å². The highest BCUT2D eigenvalue weighted by atomic mass is 35.5. The third-order valence-corrected chi connectivity index (χ3v) is 5.39. The molecule has 1 fully saturated rings. The SMILES string of the molecule is COc1ccc(Cl)cc1C(=O)N1CCC(c2cccs2)CC1. The Morgan fingerprint density at radius 3 is 2.73 bits per heavy atom. The van der Waals surface area contributed by atoms with Crippen molar-refractivity contribution in [2.24, 2.45) is 0 Å². The Kier molecular flexibility index (Phi) is 4.69. The molecule has 0 atom stereocenters. The highest BCUT2D eigenvalue weighted by molar-refractivity contribution is 7.10. The summed E-state index contributed by atoms with van der Waals surface area (Å²) in [6.07, 6.45) is 2.02. The first kappa shape index (κ1) is 15.4. The van der Waals surface area contributed by atoms with Crippen LogP contribution in [0.3, 0.4) is 0 Å². The van der Waals surface area contributed by atoms with Gasteiger partial charge >= 0.3 is 0 Å². The van der Waals surface area contributed by atoms with Crippen LogP contribution in [0.2, 0.25) is 5.02 Å². The molecule has 0 aliphatic carbocycles. The molecule has 3 rings (SSSR count). The second-order valence-electron chi connectivity index (χ2n) is 5.43. The van der Waals surface area contributed by atoms with Gasteiger partial charge in [0.1, 0.15) is 5.75 Å². The summed E-state index contributed by atoms with van der Waals surface area (Å²) in [6.45, 7) is 1.55. The van der Waals surface area contributed by atoms with Crippen LogP contribution in [0.1, 0.15) is 34.0 Å². The summed E-state index contributed by atoms with van der Waals surface area (Å²) in [7, 11) is 1.57. The number of ether oxygens (including phenoxy) is 1. The summed E-state index contributed by atoms with van der Waals surface area (Å²) in [5, 5.41) is 2.67. The molecule has 116 valence electrons. The minimum atomic E-state index is 0.00368. The van der Waals surface area contributed by atoms with E-state index in [1.165, 1.54) is 4.88 Å². The zero-order chi connectivity index (χ0) is 15.5. The number of methoxy groups -OCH3 is 1. The Balaban J connectivity index is 1.71. The van der Waals surface area contributed by atoms with Crippen molar-refractivity contribution in [1.82, 2.24) is 4.90 Å². The summed E-state index contributed by atoms with van der Waals surface area (Å²) < 4.78 is 5.29. The summed E-state index contributed by atoms with van der Waals surface area (Å²) >= 11 is 7.83. The normalized spacial score (nSPS) is 15.8. The lowest BCUT2D eigenvalue weighted by Gasteiger charge is -2.32. The van der Waals surface area contributed by atoms with E-state index in [2.05, 4.69) is 17.5 Å². The first-order chi connectivity index (χ1) is 10.7. The highest BCUT2D eigenvalue weighted by Gasteiger charge is 2.26. The van der Waals surface area contributed by atoms with Crippen molar-refractivity contribution in [2.75, 3.05) is 20.2 Å². The number of nitrogens with zero attached hydrogens (tertiary/aromatic N) is 1. The van der Waals surface area contributed by atoms with Gasteiger partial charge in [0.05, 0.1) is 12.7 Å². The van der Waals surface area contributed by atoms with Crippen LogP contribution >= 0.6 is 22.9 Å². The number of rotatable bonds is 3. The maximum absolute atomic E-state index is 12.7. The van der Waals surface area contributed by atoms with E-state index >= 15 is 0 Å². The first-order valence-corrected chi connectivity index (χ1v) is 8.61. The van der Waals surface area contributed by atoms with Crippen LogP contribution in [0, 0.1) is 0 Å². The highest BCUT2D eigenvalue weighted by Crippen LogP contribution is 2.32. The fourth-order valence-electron chi connectivity index (χ4n) is 2.91. The average Bonchev–Trinajstić information content (AvgIpc) is 3.09. The number of benzene rings is 1. The van der Waals surface area contributed by atoms with E-state index in [1.807, 2.05) is 4.90 Å². The Hall–Kier alpha value is -1.52. The van der Waals surface area contributed by atoms with Crippen LogP contribution in [0.4, 0.5) is 0 Å². The molecule has 0 saturated carbocycles. The maximum atomic E-state index is 12.7.